The molecule has 0 spiro atoms. The summed E-state index contributed by atoms with van der Waals surface area (Å²) in [5, 5.41) is 1.14. The molecular weight excluding hydrogens is 272 g/mol. The zero-order chi connectivity index (χ0) is 7.07. The Balaban J connectivity index is 3.34. The van der Waals surface area contributed by atoms with Gasteiger partial charge in [-0.2, -0.15) is 0 Å². The highest BCUT2D eigenvalue weighted by Gasteiger charge is 2.19. The van der Waals surface area contributed by atoms with E-state index in [-0.39, 0.29) is 3.81 Å². The lowest BCUT2D eigenvalue weighted by molar-refractivity contribution is 0.612. The Morgan fingerprint density at radius 3 is 2.00 bits per heavy atom. The van der Waals surface area contributed by atoms with Crippen LogP contribution in [-0.2, 0) is 9.84 Å². The zero-order valence-electron chi connectivity index (χ0n) is 4.14. The summed E-state index contributed by atoms with van der Waals surface area (Å²) in [4.78, 5) is 0. The predicted molar refractivity (Wildman–Crippen MR) is 42.9 cm³/mol. The first kappa shape index (κ1) is 7.50. The van der Waals surface area contributed by atoms with E-state index in [9.17, 15) is 8.42 Å². The molecule has 0 N–H and O–H groups in total. The van der Waals surface area contributed by atoms with Crippen molar-refractivity contribution >= 4 is 41.7 Å². The largest absolute Gasteiger partial charge is 0.219 e. The topological polar surface area (TPSA) is 34.1 Å². The molecule has 0 amide bonds. The van der Waals surface area contributed by atoms with Crippen LogP contribution in [0.1, 0.15) is 0 Å². The quantitative estimate of drug-likeness (QED) is 0.676. The molecule has 0 saturated carbocycles. The molecule has 0 aromatic rings. The second-order valence-electron chi connectivity index (χ2n) is 1.47. The van der Waals surface area contributed by atoms with Gasteiger partial charge in [0.2, 0.25) is 9.84 Å². The fourth-order valence-electron chi connectivity index (χ4n) is 0.410. The fraction of sp³-hybridized carbons (Fsp3) is 0. The van der Waals surface area contributed by atoms with Crippen molar-refractivity contribution in [3.8, 4) is 0 Å². The van der Waals surface area contributed by atoms with Gasteiger partial charge in [0.15, 0.2) is 0 Å². The van der Waals surface area contributed by atoms with Gasteiger partial charge in [0.05, 0.1) is 0 Å². The van der Waals surface area contributed by atoms with Crippen LogP contribution in [0.4, 0.5) is 0 Å². The summed E-state index contributed by atoms with van der Waals surface area (Å²) in [6, 6.07) is 0. The smallest absolute Gasteiger partial charge is 0.207 e. The molecule has 1 aliphatic heterocycles. The molecule has 9 heavy (non-hydrogen) atoms. The van der Waals surface area contributed by atoms with E-state index in [1.807, 2.05) is 0 Å². The molecule has 0 unspecified atom stereocenters. The molecule has 1 rings (SSSR count). The molecule has 0 fully saturated rings. The van der Waals surface area contributed by atoms with Gasteiger partial charge >= 0.3 is 0 Å². The minimum absolute atomic E-state index is 0.204. The van der Waals surface area contributed by atoms with Gasteiger partial charge in [-0.25, -0.2) is 8.42 Å². The van der Waals surface area contributed by atoms with E-state index in [1.165, 1.54) is 6.08 Å². The van der Waals surface area contributed by atoms with Gasteiger partial charge in [0, 0.05) is 9.89 Å². The van der Waals surface area contributed by atoms with Gasteiger partial charge in [-0.15, -0.1) is 0 Å². The number of hydrogen-bond donors (Lipinski definition) is 0. The number of rotatable bonds is 0. The van der Waals surface area contributed by atoms with E-state index in [0.29, 0.717) is 4.48 Å². The third kappa shape index (κ3) is 1.28. The van der Waals surface area contributed by atoms with Crippen molar-refractivity contribution in [1.29, 1.82) is 0 Å². The van der Waals surface area contributed by atoms with Crippen molar-refractivity contribution in [2.24, 2.45) is 0 Å². The van der Waals surface area contributed by atoms with Gasteiger partial charge in [-0.05, 0) is 37.9 Å². The van der Waals surface area contributed by atoms with Crippen LogP contribution in [-0.4, -0.2) is 8.42 Å². The summed E-state index contributed by atoms with van der Waals surface area (Å²) < 4.78 is 22.3. The molecule has 5 heteroatoms. The maximum atomic E-state index is 10.8. The summed E-state index contributed by atoms with van der Waals surface area (Å²) >= 11 is 5.95. The average Bonchev–Trinajstić information content (AvgIpc) is 1.97. The Morgan fingerprint density at radius 1 is 1.33 bits per heavy atom. The van der Waals surface area contributed by atoms with E-state index in [4.69, 9.17) is 0 Å². The summed E-state index contributed by atoms with van der Waals surface area (Å²) in [5.74, 6) is 0. The standard InChI is InChI=1S/C4H2Br2O2S/c5-3-1-2-9(7,8)4(3)6/h1-2H. The Bertz CT molecular complexity index is 286. The minimum Gasteiger partial charge on any atom is -0.219 e. The molecule has 1 heterocycles. The van der Waals surface area contributed by atoms with Crippen molar-refractivity contribution < 1.29 is 8.42 Å². The minimum atomic E-state index is -3.11. The SMILES string of the molecule is O=S1(=O)C=CC(Br)=C1Br. The molecule has 0 radical (unpaired) electrons. The average molecular weight is 274 g/mol. The Labute approximate surface area is 69.8 Å². The van der Waals surface area contributed by atoms with Crippen LogP contribution >= 0.6 is 31.9 Å². The van der Waals surface area contributed by atoms with Gasteiger partial charge in [-0.1, -0.05) is 0 Å². The maximum Gasteiger partial charge on any atom is 0.207 e. The van der Waals surface area contributed by atoms with Crippen molar-refractivity contribution in [3.63, 3.8) is 0 Å². The van der Waals surface area contributed by atoms with Crippen LogP contribution in [0.5, 0.6) is 0 Å². The number of hydrogen-bond acceptors (Lipinski definition) is 2. The van der Waals surface area contributed by atoms with Crippen LogP contribution in [0.25, 0.3) is 0 Å². The van der Waals surface area contributed by atoms with E-state index >= 15 is 0 Å². The van der Waals surface area contributed by atoms with Crippen LogP contribution in [0.2, 0.25) is 0 Å². The first-order valence-electron chi connectivity index (χ1n) is 2.02. The lowest BCUT2D eigenvalue weighted by Crippen LogP contribution is -1.88. The van der Waals surface area contributed by atoms with Crippen LogP contribution in [0, 0.1) is 0 Å². The highest BCUT2D eigenvalue weighted by molar-refractivity contribution is 9.15. The second-order valence-corrected chi connectivity index (χ2v) is 5.41. The highest BCUT2D eigenvalue weighted by atomic mass is 79.9. The van der Waals surface area contributed by atoms with E-state index in [0.717, 1.165) is 5.41 Å². The molecule has 0 saturated heterocycles. The molecule has 50 valence electrons. The molecule has 2 nitrogen and oxygen atoms in total. The van der Waals surface area contributed by atoms with Crippen LogP contribution in [0.3, 0.4) is 0 Å². The van der Waals surface area contributed by atoms with Crippen molar-refractivity contribution in [2.45, 2.75) is 0 Å². The molecule has 0 atom stereocenters. The maximum absolute atomic E-state index is 10.8. The van der Waals surface area contributed by atoms with Gasteiger partial charge < -0.3 is 0 Å². The highest BCUT2D eigenvalue weighted by Crippen LogP contribution is 2.31. The van der Waals surface area contributed by atoms with E-state index in [2.05, 4.69) is 31.9 Å². The number of allylic oxidation sites excluding steroid dienone is 2. The first-order valence-corrected chi connectivity index (χ1v) is 5.16. The summed E-state index contributed by atoms with van der Waals surface area (Å²) in [6.07, 6.45) is 1.49. The second kappa shape index (κ2) is 2.21. The summed E-state index contributed by atoms with van der Waals surface area (Å²) in [7, 11) is -3.11. The third-order valence-corrected chi connectivity index (χ3v) is 5.28. The predicted octanol–water partition coefficient (Wildman–Crippen LogP) is 1.89. The first-order chi connectivity index (χ1) is 4.04. The van der Waals surface area contributed by atoms with Gasteiger partial charge in [0.1, 0.15) is 3.81 Å². The number of halogens is 2. The van der Waals surface area contributed by atoms with Gasteiger partial charge in [0.25, 0.3) is 0 Å². The molecule has 0 aliphatic carbocycles. The molecular formula is C4H2Br2O2S. The molecule has 0 bridgehead atoms. The summed E-state index contributed by atoms with van der Waals surface area (Å²) in [5.41, 5.74) is 0. The zero-order valence-corrected chi connectivity index (χ0v) is 8.12. The molecule has 0 aromatic heterocycles. The van der Waals surface area contributed by atoms with Crippen LogP contribution < -0.4 is 0 Å². The Hall–Kier alpha value is 0.390. The van der Waals surface area contributed by atoms with Crippen molar-refractivity contribution in [2.75, 3.05) is 0 Å². The Kier molecular flexibility index (Phi) is 1.84. The fourth-order valence-corrected chi connectivity index (χ4v) is 2.62. The third-order valence-electron chi connectivity index (χ3n) is 0.831. The lowest BCUT2D eigenvalue weighted by atomic mass is 10.6. The van der Waals surface area contributed by atoms with Gasteiger partial charge in [-0.3, -0.25) is 0 Å². The van der Waals surface area contributed by atoms with E-state index < -0.39 is 9.84 Å². The van der Waals surface area contributed by atoms with E-state index in [1.54, 1.807) is 0 Å². The summed E-state index contributed by atoms with van der Waals surface area (Å²) in [6.45, 7) is 0. The molecule has 1 aliphatic rings. The van der Waals surface area contributed by atoms with Crippen molar-refractivity contribution in [3.05, 3.63) is 19.8 Å². The van der Waals surface area contributed by atoms with Crippen molar-refractivity contribution in [1.82, 2.24) is 0 Å². The number of sulfone groups is 1. The van der Waals surface area contributed by atoms with Crippen LogP contribution in [0.15, 0.2) is 19.8 Å². The Morgan fingerprint density at radius 2 is 1.89 bits per heavy atom. The normalized spacial score (nSPS) is 23.3. The monoisotopic (exact) mass is 272 g/mol. The molecule has 0 aromatic carbocycles. The lowest BCUT2D eigenvalue weighted by Gasteiger charge is -1.87.